The maximum absolute atomic E-state index is 13.0. The lowest BCUT2D eigenvalue weighted by atomic mass is 9.90. The third-order valence-electron chi connectivity index (χ3n) is 3.03. The SMILES string of the molecule is CNC(CCCCC(C)C)(C(=O)OC)C(F)(F)F. The zero-order valence-electron chi connectivity index (χ0n) is 11.4. The number of esters is 1. The van der Waals surface area contributed by atoms with Gasteiger partial charge in [0.25, 0.3) is 0 Å². The van der Waals surface area contributed by atoms with Crippen molar-refractivity contribution in [3.05, 3.63) is 0 Å². The molecule has 0 aromatic rings. The first-order valence-corrected chi connectivity index (χ1v) is 6.05. The number of methoxy groups -OCH3 is 1. The van der Waals surface area contributed by atoms with Gasteiger partial charge in [-0.3, -0.25) is 5.32 Å². The summed E-state index contributed by atoms with van der Waals surface area (Å²) >= 11 is 0. The highest BCUT2D eigenvalue weighted by molar-refractivity contribution is 5.81. The number of alkyl halides is 3. The lowest BCUT2D eigenvalue weighted by molar-refractivity contribution is -0.212. The predicted molar refractivity (Wildman–Crippen MR) is 63.2 cm³/mol. The van der Waals surface area contributed by atoms with E-state index >= 15 is 0 Å². The topological polar surface area (TPSA) is 38.3 Å². The van der Waals surface area contributed by atoms with Gasteiger partial charge in [-0.05, 0) is 19.4 Å². The third kappa shape index (κ3) is 4.15. The zero-order chi connectivity index (χ0) is 14.4. The van der Waals surface area contributed by atoms with Gasteiger partial charge in [-0.25, -0.2) is 4.79 Å². The summed E-state index contributed by atoms with van der Waals surface area (Å²) in [5.74, 6) is -0.833. The van der Waals surface area contributed by atoms with Gasteiger partial charge >= 0.3 is 12.1 Å². The fourth-order valence-electron chi connectivity index (χ4n) is 1.85. The van der Waals surface area contributed by atoms with Gasteiger partial charge in [-0.15, -0.1) is 0 Å². The van der Waals surface area contributed by atoms with Crippen molar-refractivity contribution in [3.8, 4) is 0 Å². The first kappa shape index (κ1) is 17.2. The van der Waals surface area contributed by atoms with Gasteiger partial charge in [0, 0.05) is 0 Å². The van der Waals surface area contributed by atoms with Crippen molar-refractivity contribution in [2.75, 3.05) is 14.2 Å². The van der Waals surface area contributed by atoms with Gasteiger partial charge in [0.15, 0.2) is 0 Å². The van der Waals surface area contributed by atoms with Crippen LogP contribution in [-0.2, 0) is 9.53 Å². The summed E-state index contributed by atoms with van der Waals surface area (Å²) in [4.78, 5) is 11.4. The van der Waals surface area contributed by atoms with E-state index in [0.29, 0.717) is 18.8 Å². The molecule has 0 aliphatic heterocycles. The normalized spacial score (nSPS) is 15.6. The molecule has 1 N–H and O–H groups in total. The second-order valence-corrected chi connectivity index (χ2v) is 4.78. The highest BCUT2D eigenvalue weighted by Crippen LogP contribution is 2.35. The summed E-state index contributed by atoms with van der Waals surface area (Å²) in [5.41, 5.74) is -2.58. The van der Waals surface area contributed by atoms with Crippen LogP contribution in [0.5, 0.6) is 0 Å². The first-order valence-electron chi connectivity index (χ1n) is 6.05. The van der Waals surface area contributed by atoms with Crippen molar-refractivity contribution in [2.24, 2.45) is 5.92 Å². The molecule has 0 saturated carbocycles. The van der Waals surface area contributed by atoms with Crippen LogP contribution in [0.2, 0.25) is 0 Å². The van der Waals surface area contributed by atoms with Crippen LogP contribution in [0.4, 0.5) is 13.2 Å². The van der Waals surface area contributed by atoms with Crippen LogP contribution in [-0.4, -0.2) is 31.8 Å². The molecule has 0 heterocycles. The van der Waals surface area contributed by atoms with E-state index in [1.54, 1.807) is 0 Å². The van der Waals surface area contributed by atoms with Crippen LogP contribution in [0.1, 0.15) is 39.5 Å². The average Bonchev–Trinajstić information content (AvgIpc) is 2.26. The highest BCUT2D eigenvalue weighted by atomic mass is 19.4. The van der Waals surface area contributed by atoms with Gasteiger partial charge in [-0.1, -0.05) is 33.1 Å². The minimum absolute atomic E-state index is 0.299. The molecule has 1 unspecified atom stereocenters. The molecule has 0 aliphatic carbocycles. The number of likely N-dealkylation sites (N-methyl/N-ethyl adjacent to an activating group) is 1. The van der Waals surface area contributed by atoms with Crippen molar-refractivity contribution < 1.29 is 22.7 Å². The molecule has 3 nitrogen and oxygen atoms in total. The Morgan fingerprint density at radius 1 is 1.28 bits per heavy atom. The van der Waals surface area contributed by atoms with Gasteiger partial charge < -0.3 is 4.74 Å². The summed E-state index contributed by atoms with van der Waals surface area (Å²) in [6.45, 7) is 4.02. The Balaban J connectivity index is 4.72. The van der Waals surface area contributed by atoms with Gasteiger partial charge in [0.1, 0.15) is 0 Å². The minimum atomic E-state index is -4.66. The van der Waals surface area contributed by atoms with E-state index in [2.05, 4.69) is 10.1 Å². The van der Waals surface area contributed by atoms with E-state index in [9.17, 15) is 18.0 Å². The fourth-order valence-corrected chi connectivity index (χ4v) is 1.85. The molecule has 0 spiro atoms. The van der Waals surface area contributed by atoms with Crippen LogP contribution in [0.25, 0.3) is 0 Å². The molecular formula is C12H22F3NO2. The van der Waals surface area contributed by atoms with Crippen molar-refractivity contribution in [3.63, 3.8) is 0 Å². The molecule has 0 amide bonds. The fraction of sp³-hybridized carbons (Fsp3) is 0.917. The van der Waals surface area contributed by atoms with E-state index in [1.165, 1.54) is 0 Å². The van der Waals surface area contributed by atoms with Crippen molar-refractivity contribution in [2.45, 2.75) is 51.2 Å². The number of hydrogen-bond donors (Lipinski definition) is 1. The molecule has 0 rings (SSSR count). The van der Waals surface area contributed by atoms with Crippen LogP contribution in [0, 0.1) is 5.92 Å². The number of carbonyl (C=O) groups excluding carboxylic acids is 1. The zero-order valence-corrected chi connectivity index (χ0v) is 11.4. The number of carbonyl (C=O) groups is 1. The van der Waals surface area contributed by atoms with Crippen molar-refractivity contribution in [1.29, 1.82) is 0 Å². The monoisotopic (exact) mass is 269 g/mol. The van der Waals surface area contributed by atoms with E-state index in [0.717, 1.165) is 20.6 Å². The summed E-state index contributed by atoms with van der Waals surface area (Å²) in [5, 5.41) is 2.09. The van der Waals surface area contributed by atoms with Crippen LogP contribution in [0.3, 0.4) is 0 Å². The molecule has 108 valence electrons. The number of rotatable bonds is 7. The van der Waals surface area contributed by atoms with Crippen LogP contribution in [0.15, 0.2) is 0 Å². The highest BCUT2D eigenvalue weighted by Gasteiger charge is 2.60. The summed E-state index contributed by atoms with van der Waals surface area (Å²) in [6.07, 6.45) is -3.13. The largest absolute Gasteiger partial charge is 0.467 e. The van der Waals surface area contributed by atoms with Crippen molar-refractivity contribution in [1.82, 2.24) is 5.32 Å². The van der Waals surface area contributed by atoms with E-state index < -0.39 is 17.7 Å². The van der Waals surface area contributed by atoms with Crippen LogP contribution < -0.4 is 5.32 Å². The molecule has 0 fully saturated rings. The number of halogens is 3. The Bertz CT molecular complexity index is 267. The maximum atomic E-state index is 13.0. The van der Waals surface area contributed by atoms with E-state index in [-0.39, 0.29) is 6.42 Å². The molecule has 0 aromatic heterocycles. The molecule has 0 aromatic carbocycles. The Morgan fingerprint density at radius 2 is 1.83 bits per heavy atom. The lowest BCUT2D eigenvalue weighted by Crippen LogP contribution is -2.61. The number of unbranched alkanes of at least 4 members (excludes halogenated alkanes) is 1. The first-order chi connectivity index (χ1) is 8.21. The average molecular weight is 269 g/mol. The summed E-state index contributed by atoms with van der Waals surface area (Å²) < 4.78 is 43.4. The molecule has 0 bridgehead atoms. The van der Waals surface area contributed by atoms with Crippen LogP contribution >= 0.6 is 0 Å². The summed E-state index contributed by atoms with van der Waals surface area (Å²) in [7, 11) is 2.10. The lowest BCUT2D eigenvalue weighted by Gasteiger charge is -2.32. The molecule has 18 heavy (non-hydrogen) atoms. The van der Waals surface area contributed by atoms with Gasteiger partial charge in [0.05, 0.1) is 7.11 Å². The van der Waals surface area contributed by atoms with E-state index in [4.69, 9.17) is 0 Å². The number of nitrogens with one attached hydrogen (secondary N) is 1. The number of hydrogen-bond acceptors (Lipinski definition) is 3. The second kappa shape index (κ2) is 6.97. The second-order valence-electron chi connectivity index (χ2n) is 4.78. The smallest absolute Gasteiger partial charge is 0.417 e. The molecular weight excluding hydrogens is 247 g/mol. The van der Waals surface area contributed by atoms with E-state index in [1.807, 2.05) is 13.8 Å². The molecule has 1 atom stereocenters. The van der Waals surface area contributed by atoms with Gasteiger partial charge in [-0.2, -0.15) is 13.2 Å². The Morgan fingerprint density at radius 3 is 2.17 bits per heavy atom. The standard InChI is InChI=1S/C12H22F3NO2/c1-9(2)7-5-6-8-11(16-3,10(17)18-4)12(13,14)15/h9,16H,5-8H2,1-4H3. The summed E-state index contributed by atoms with van der Waals surface area (Å²) in [6, 6.07) is 0. The predicted octanol–water partition coefficient (Wildman–Crippen LogP) is 2.90. The van der Waals surface area contributed by atoms with Gasteiger partial charge in [0.2, 0.25) is 5.54 Å². The molecule has 0 saturated heterocycles. The van der Waals surface area contributed by atoms with Crippen molar-refractivity contribution >= 4 is 5.97 Å². The minimum Gasteiger partial charge on any atom is -0.467 e. The quantitative estimate of drug-likeness (QED) is 0.570. The Labute approximate surface area is 106 Å². The Hall–Kier alpha value is -0.780. The number of ether oxygens (including phenoxy) is 1. The molecule has 0 radical (unpaired) electrons. The molecule has 0 aliphatic rings. The Kier molecular flexibility index (Phi) is 6.67. The molecule has 6 heteroatoms. The maximum Gasteiger partial charge on any atom is 0.417 e. The third-order valence-corrected chi connectivity index (χ3v) is 3.03.